The lowest BCUT2D eigenvalue weighted by Crippen LogP contribution is -2.53. The number of unbranched alkanes of at least 4 members (excludes halogenated alkanes) is 13. The van der Waals surface area contributed by atoms with Crippen LogP contribution in [-0.2, 0) is 0 Å². The molecule has 2 heteroatoms. The number of hydrogen-bond donors (Lipinski definition) is 1. The standard InChI is InChI=1S/C22H49N2/c1-6-8-9-10-11-12-13-14-15-16-17-18-19-20-21-23-22(7-2)24(3,4)5/h22-23H,6-21H2,1-5H3/q+1. The van der Waals surface area contributed by atoms with Gasteiger partial charge in [-0.3, -0.25) is 5.32 Å². The molecule has 0 aromatic rings. The molecule has 0 rings (SSSR count). The van der Waals surface area contributed by atoms with Crippen LogP contribution in [0.25, 0.3) is 0 Å². The van der Waals surface area contributed by atoms with Gasteiger partial charge < -0.3 is 4.48 Å². The molecular formula is C22H49N2+. The van der Waals surface area contributed by atoms with E-state index in [1.807, 2.05) is 0 Å². The molecule has 0 radical (unpaired) electrons. The van der Waals surface area contributed by atoms with E-state index in [1.54, 1.807) is 0 Å². The summed E-state index contributed by atoms with van der Waals surface area (Å²) < 4.78 is 1.02. The van der Waals surface area contributed by atoms with Crippen molar-refractivity contribution in [2.75, 3.05) is 27.7 Å². The molecule has 0 spiro atoms. The second kappa shape index (κ2) is 16.4. The lowest BCUT2D eigenvalue weighted by molar-refractivity contribution is -0.899. The second-order valence-electron chi connectivity index (χ2n) is 8.59. The van der Waals surface area contributed by atoms with Gasteiger partial charge in [0.2, 0.25) is 0 Å². The summed E-state index contributed by atoms with van der Waals surface area (Å²) in [7, 11) is 6.85. The van der Waals surface area contributed by atoms with Crippen LogP contribution in [0.1, 0.15) is 110 Å². The van der Waals surface area contributed by atoms with Gasteiger partial charge in [0.05, 0.1) is 21.1 Å². The molecule has 0 fully saturated rings. The average molecular weight is 342 g/mol. The summed E-state index contributed by atoms with van der Waals surface area (Å²) in [5, 5.41) is 3.72. The highest BCUT2D eigenvalue weighted by atomic mass is 15.4. The maximum absolute atomic E-state index is 3.72. The Morgan fingerprint density at radius 2 is 0.958 bits per heavy atom. The Bertz CT molecular complexity index is 245. The minimum absolute atomic E-state index is 0.604. The number of nitrogens with one attached hydrogen (secondary N) is 1. The molecule has 0 bridgehead atoms. The zero-order valence-electron chi connectivity index (χ0n) is 17.8. The van der Waals surface area contributed by atoms with Crippen molar-refractivity contribution in [3.63, 3.8) is 0 Å². The van der Waals surface area contributed by atoms with Gasteiger partial charge in [-0.1, -0.05) is 97.3 Å². The monoisotopic (exact) mass is 341 g/mol. The third-order valence-corrected chi connectivity index (χ3v) is 5.23. The minimum Gasteiger partial charge on any atom is -0.316 e. The summed E-state index contributed by atoms with van der Waals surface area (Å²) in [5.41, 5.74) is 0. The lowest BCUT2D eigenvalue weighted by atomic mass is 10.0. The van der Waals surface area contributed by atoms with Crippen molar-refractivity contribution in [3.05, 3.63) is 0 Å². The first-order valence-electron chi connectivity index (χ1n) is 11.1. The van der Waals surface area contributed by atoms with Crippen LogP contribution in [0.5, 0.6) is 0 Å². The molecule has 1 atom stereocenters. The van der Waals surface area contributed by atoms with Crippen molar-refractivity contribution < 1.29 is 4.48 Å². The highest BCUT2D eigenvalue weighted by Crippen LogP contribution is 2.13. The van der Waals surface area contributed by atoms with Crippen molar-refractivity contribution in [1.29, 1.82) is 0 Å². The van der Waals surface area contributed by atoms with E-state index in [0.29, 0.717) is 6.17 Å². The molecule has 2 nitrogen and oxygen atoms in total. The number of hydrogen-bond acceptors (Lipinski definition) is 1. The van der Waals surface area contributed by atoms with Crippen LogP contribution in [0.15, 0.2) is 0 Å². The fourth-order valence-electron chi connectivity index (χ4n) is 3.55. The van der Waals surface area contributed by atoms with Crippen LogP contribution in [0.4, 0.5) is 0 Å². The number of nitrogens with zero attached hydrogens (tertiary/aromatic N) is 1. The molecule has 0 aliphatic rings. The molecular weight excluding hydrogens is 292 g/mol. The van der Waals surface area contributed by atoms with Gasteiger partial charge in [-0.25, -0.2) is 0 Å². The molecule has 0 saturated heterocycles. The van der Waals surface area contributed by atoms with Crippen molar-refractivity contribution in [2.45, 2.75) is 116 Å². The maximum Gasteiger partial charge on any atom is 0.141 e. The predicted octanol–water partition coefficient (Wildman–Crippen LogP) is 6.50. The fraction of sp³-hybridized carbons (Fsp3) is 1.00. The predicted molar refractivity (Wildman–Crippen MR) is 110 cm³/mol. The van der Waals surface area contributed by atoms with E-state index in [-0.39, 0.29) is 0 Å². The van der Waals surface area contributed by atoms with Crippen LogP contribution in [-0.4, -0.2) is 38.3 Å². The third kappa shape index (κ3) is 15.4. The Labute approximate surface area is 154 Å². The molecule has 146 valence electrons. The summed E-state index contributed by atoms with van der Waals surface area (Å²) in [6, 6.07) is 0. The van der Waals surface area contributed by atoms with Crippen LogP contribution in [0, 0.1) is 0 Å². The Balaban J connectivity index is 3.20. The zero-order valence-corrected chi connectivity index (χ0v) is 17.8. The fourth-order valence-corrected chi connectivity index (χ4v) is 3.55. The third-order valence-electron chi connectivity index (χ3n) is 5.23. The minimum atomic E-state index is 0.604. The van der Waals surface area contributed by atoms with Crippen LogP contribution in [0.2, 0.25) is 0 Å². The molecule has 0 amide bonds. The molecule has 0 heterocycles. The van der Waals surface area contributed by atoms with Crippen molar-refractivity contribution in [2.24, 2.45) is 0 Å². The molecule has 0 aliphatic heterocycles. The number of quaternary nitrogens is 1. The van der Waals surface area contributed by atoms with E-state index in [0.717, 1.165) is 4.48 Å². The van der Waals surface area contributed by atoms with Crippen LogP contribution >= 0.6 is 0 Å². The first-order chi connectivity index (χ1) is 11.5. The van der Waals surface area contributed by atoms with E-state index >= 15 is 0 Å². The summed E-state index contributed by atoms with van der Waals surface area (Å²) in [4.78, 5) is 0. The first kappa shape index (κ1) is 23.9. The molecule has 0 saturated carbocycles. The summed E-state index contributed by atoms with van der Waals surface area (Å²) in [5.74, 6) is 0. The second-order valence-corrected chi connectivity index (χ2v) is 8.59. The molecule has 1 unspecified atom stereocenters. The molecule has 0 aromatic heterocycles. The van der Waals surface area contributed by atoms with E-state index in [4.69, 9.17) is 0 Å². The Hall–Kier alpha value is -0.0800. The zero-order chi connectivity index (χ0) is 18.1. The van der Waals surface area contributed by atoms with Crippen molar-refractivity contribution in [3.8, 4) is 0 Å². The molecule has 0 aromatic carbocycles. The van der Waals surface area contributed by atoms with Crippen molar-refractivity contribution in [1.82, 2.24) is 5.32 Å². The largest absolute Gasteiger partial charge is 0.316 e. The van der Waals surface area contributed by atoms with Crippen molar-refractivity contribution >= 4 is 0 Å². The van der Waals surface area contributed by atoms with E-state index in [9.17, 15) is 0 Å². The van der Waals surface area contributed by atoms with Gasteiger partial charge in [-0.15, -0.1) is 0 Å². The van der Waals surface area contributed by atoms with E-state index in [2.05, 4.69) is 40.3 Å². The highest BCUT2D eigenvalue weighted by molar-refractivity contribution is 4.55. The van der Waals surface area contributed by atoms with Gasteiger partial charge in [-0.05, 0) is 6.42 Å². The first-order valence-corrected chi connectivity index (χ1v) is 11.1. The number of rotatable bonds is 18. The molecule has 0 aliphatic carbocycles. The Morgan fingerprint density at radius 3 is 1.29 bits per heavy atom. The van der Waals surface area contributed by atoms with Gasteiger partial charge in [0.25, 0.3) is 0 Å². The maximum atomic E-state index is 3.72. The summed E-state index contributed by atoms with van der Waals surface area (Å²) >= 11 is 0. The summed E-state index contributed by atoms with van der Waals surface area (Å²) in [6.45, 7) is 5.77. The Kier molecular flexibility index (Phi) is 16.3. The van der Waals surface area contributed by atoms with Gasteiger partial charge in [0, 0.05) is 13.0 Å². The normalized spacial score (nSPS) is 13.4. The van der Waals surface area contributed by atoms with Gasteiger partial charge >= 0.3 is 0 Å². The quantitative estimate of drug-likeness (QED) is 0.170. The average Bonchev–Trinajstić information content (AvgIpc) is 2.53. The van der Waals surface area contributed by atoms with Crippen LogP contribution in [0.3, 0.4) is 0 Å². The highest BCUT2D eigenvalue weighted by Gasteiger charge is 2.19. The van der Waals surface area contributed by atoms with Gasteiger partial charge in [0.15, 0.2) is 0 Å². The van der Waals surface area contributed by atoms with Gasteiger partial charge in [0.1, 0.15) is 6.17 Å². The topological polar surface area (TPSA) is 12.0 Å². The lowest BCUT2D eigenvalue weighted by Gasteiger charge is -2.34. The molecule has 24 heavy (non-hydrogen) atoms. The van der Waals surface area contributed by atoms with Crippen LogP contribution < -0.4 is 5.32 Å². The Morgan fingerprint density at radius 1 is 0.583 bits per heavy atom. The van der Waals surface area contributed by atoms with E-state index < -0.39 is 0 Å². The van der Waals surface area contributed by atoms with E-state index in [1.165, 1.54) is 103 Å². The SMILES string of the molecule is CCCCCCCCCCCCCCCCNC(CC)[N+](C)(C)C. The smallest absolute Gasteiger partial charge is 0.141 e. The van der Waals surface area contributed by atoms with Gasteiger partial charge in [-0.2, -0.15) is 0 Å². The molecule has 1 N–H and O–H groups in total. The summed E-state index contributed by atoms with van der Waals surface area (Å²) in [6.07, 6.45) is 22.0.